The third-order valence-electron chi connectivity index (χ3n) is 2.46. The largest absolute Gasteiger partial charge is 0.394 e. The molecule has 0 saturated carbocycles. The molecule has 0 aliphatic carbocycles. The maximum Gasteiger partial charge on any atom is 0.254 e. The van der Waals surface area contributed by atoms with Gasteiger partial charge in [0.1, 0.15) is 11.4 Å². The van der Waals surface area contributed by atoms with Crippen molar-refractivity contribution in [3.63, 3.8) is 0 Å². The summed E-state index contributed by atoms with van der Waals surface area (Å²) in [6.45, 7) is -2.00. The Bertz CT molecular complexity index is 429. The van der Waals surface area contributed by atoms with Gasteiger partial charge < -0.3 is 20.6 Å². The highest BCUT2D eigenvalue weighted by atomic mass is 79.9. The Labute approximate surface area is 111 Å². The Morgan fingerprint density at radius 3 is 2.33 bits per heavy atom. The average Bonchev–Trinajstić information content (AvgIpc) is 2.38. The van der Waals surface area contributed by atoms with Crippen molar-refractivity contribution in [2.75, 3.05) is 19.8 Å². The molecule has 1 rings (SSSR count). The number of amides is 1. The van der Waals surface area contributed by atoms with Gasteiger partial charge in [0.05, 0.1) is 25.4 Å². The fraction of sp³-hybridized carbons (Fsp3) is 0.364. The van der Waals surface area contributed by atoms with Gasteiger partial charge in [0.15, 0.2) is 0 Å². The van der Waals surface area contributed by atoms with Gasteiger partial charge in [-0.1, -0.05) is 15.9 Å². The molecule has 0 heterocycles. The van der Waals surface area contributed by atoms with Crippen molar-refractivity contribution < 1.29 is 24.5 Å². The Morgan fingerprint density at radius 1 is 1.28 bits per heavy atom. The van der Waals surface area contributed by atoms with Crippen LogP contribution in [0.2, 0.25) is 0 Å². The van der Waals surface area contributed by atoms with Gasteiger partial charge in [0.2, 0.25) is 0 Å². The van der Waals surface area contributed by atoms with E-state index in [2.05, 4.69) is 21.2 Å². The second-order valence-corrected chi connectivity index (χ2v) is 4.75. The van der Waals surface area contributed by atoms with Crippen molar-refractivity contribution >= 4 is 21.8 Å². The van der Waals surface area contributed by atoms with E-state index in [0.29, 0.717) is 4.47 Å². The predicted molar refractivity (Wildman–Crippen MR) is 65.6 cm³/mol. The smallest absolute Gasteiger partial charge is 0.254 e. The molecule has 5 nitrogen and oxygen atoms in total. The molecule has 7 heteroatoms. The number of rotatable bonds is 5. The molecule has 100 valence electrons. The zero-order chi connectivity index (χ0) is 13.8. The van der Waals surface area contributed by atoms with Crippen molar-refractivity contribution in [3.8, 4) is 0 Å². The molecule has 4 N–H and O–H groups in total. The summed E-state index contributed by atoms with van der Waals surface area (Å²) in [5, 5.41) is 29.4. The normalized spacial score (nSPS) is 11.4. The van der Waals surface area contributed by atoms with Crippen LogP contribution >= 0.6 is 15.9 Å². The molecule has 0 fully saturated rings. The number of aliphatic hydroxyl groups excluding tert-OH is 3. The lowest BCUT2D eigenvalue weighted by atomic mass is 10.0. The number of halogens is 2. The summed E-state index contributed by atoms with van der Waals surface area (Å²) >= 11 is 3.10. The van der Waals surface area contributed by atoms with Crippen LogP contribution < -0.4 is 5.32 Å². The second-order valence-electron chi connectivity index (χ2n) is 3.83. The van der Waals surface area contributed by atoms with E-state index in [4.69, 9.17) is 15.3 Å². The van der Waals surface area contributed by atoms with E-state index in [-0.39, 0.29) is 5.56 Å². The molecule has 0 bridgehead atoms. The molecule has 0 radical (unpaired) electrons. The highest BCUT2D eigenvalue weighted by Crippen LogP contribution is 2.16. The molecule has 0 aromatic heterocycles. The van der Waals surface area contributed by atoms with Gasteiger partial charge in [-0.25, -0.2) is 4.39 Å². The van der Waals surface area contributed by atoms with Gasteiger partial charge in [0.25, 0.3) is 5.91 Å². The maximum absolute atomic E-state index is 13.4. The Hall–Kier alpha value is -1.02. The zero-order valence-corrected chi connectivity index (χ0v) is 10.9. The molecule has 0 unspecified atom stereocenters. The van der Waals surface area contributed by atoms with Gasteiger partial charge in [-0.05, 0) is 18.2 Å². The number of hydrogen-bond donors (Lipinski definition) is 4. The lowest BCUT2D eigenvalue weighted by molar-refractivity contribution is 0.0373. The molecular formula is C11H13BrFNO4. The van der Waals surface area contributed by atoms with Crippen molar-refractivity contribution in [1.82, 2.24) is 5.32 Å². The number of aliphatic hydroxyl groups is 3. The van der Waals surface area contributed by atoms with Crippen LogP contribution in [0.3, 0.4) is 0 Å². The molecule has 0 aliphatic heterocycles. The molecule has 1 aromatic rings. The molecule has 18 heavy (non-hydrogen) atoms. The summed E-state index contributed by atoms with van der Waals surface area (Å²) < 4.78 is 13.9. The van der Waals surface area contributed by atoms with E-state index in [1.54, 1.807) is 0 Å². The van der Waals surface area contributed by atoms with E-state index < -0.39 is 37.1 Å². The topological polar surface area (TPSA) is 89.8 Å². The molecule has 0 spiro atoms. The van der Waals surface area contributed by atoms with Gasteiger partial charge in [0, 0.05) is 4.47 Å². The van der Waals surface area contributed by atoms with Gasteiger partial charge in [-0.15, -0.1) is 0 Å². The maximum atomic E-state index is 13.4. The lowest BCUT2D eigenvalue weighted by Gasteiger charge is -2.28. The summed E-state index contributed by atoms with van der Waals surface area (Å²) in [6.07, 6.45) is 0. The molecular weight excluding hydrogens is 309 g/mol. The monoisotopic (exact) mass is 321 g/mol. The van der Waals surface area contributed by atoms with Gasteiger partial charge in [-0.2, -0.15) is 0 Å². The van der Waals surface area contributed by atoms with Crippen LogP contribution in [0.5, 0.6) is 0 Å². The highest BCUT2D eigenvalue weighted by molar-refractivity contribution is 9.10. The van der Waals surface area contributed by atoms with Crippen LogP contribution in [-0.2, 0) is 0 Å². The zero-order valence-electron chi connectivity index (χ0n) is 9.36. The van der Waals surface area contributed by atoms with E-state index in [1.807, 2.05) is 0 Å². The van der Waals surface area contributed by atoms with E-state index in [9.17, 15) is 9.18 Å². The van der Waals surface area contributed by atoms with Crippen LogP contribution in [-0.4, -0.2) is 46.6 Å². The first-order valence-electron chi connectivity index (χ1n) is 5.08. The van der Waals surface area contributed by atoms with Crippen LogP contribution in [0.15, 0.2) is 22.7 Å². The molecule has 0 aliphatic rings. The van der Waals surface area contributed by atoms with Crippen molar-refractivity contribution in [3.05, 3.63) is 34.1 Å². The van der Waals surface area contributed by atoms with Crippen LogP contribution in [0.25, 0.3) is 0 Å². The van der Waals surface area contributed by atoms with Crippen molar-refractivity contribution in [2.24, 2.45) is 0 Å². The van der Waals surface area contributed by atoms with Gasteiger partial charge in [-0.3, -0.25) is 4.79 Å². The Kier molecular flexibility index (Phi) is 5.21. The first-order valence-corrected chi connectivity index (χ1v) is 5.87. The van der Waals surface area contributed by atoms with Crippen molar-refractivity contribution in [2.45, 2.75) is 5.54 Å². The number of nitrogens with one attached hydrogen (secondary N) is 1. The van der Waals surface area contributed by atoms with Crippen LogP contribution in [0.4, 0.5) is 4.39 Å². The molecule has 1 amide bonds. The first-order chi connectivity index (χ1) is 8.48. The minimum absolute atomic E-state index is 0.246. The second kappa shape index (κ2) is 6.24. The average molecular weight is 322 g/mol. The fourth-order valence-corrected chi connectivity index (χ4v) is 1.61. The van der Waals surface area contributed by atoms with E-state index in [1.165, 1.54) is 12.1 Å². The third-order valence-corrected chi connectivity index (χ3v) is 2.95. The Balaban J connectivity index is 2.97. The lowest BCUT2D eigenvalue weighted by Crippen LogP contribution is -2.57. The molecule has 0 atom stereocenters. The standard InChI is InChI=1S/C11H13BrFNO4/c12-7-1-2-9(13)8(3-7)10(18)14-11(4-15,5-16)6-17/h1-3,15-17H,4-6H2,(H,14,18). The number of hydrogen-bond acceptors (Lipinski definition) is 4. The number of benzene rings is 1. The summed E-state index contributed by atoms with van der Waals surface area (Å²) in [6, 6.07) is 3.81. The summed E-state index contributed by atoms with van der Waals surface area (Å²) in [4.78, 5) is 11.8. The first kappa shape index (κ1) is 15.0. The summed E-state index contributed by atoms with van der Waals surface area (Å²) in [5.41, 5.74) is -1.82. The SMILES string of the molecule is O=C(NC(CO)(CO)CO)c1cc(Br)ccc1F. The minimum Gasteiger partial charge on any atom is -0.394 e. The fourth-order valence-electron chi connectivity index (χ4n) is 1.25. The number of carbonyl (C=O) groups excluding carboxylic acids is 1. The third kappa shape index (κ3) is 3.26. The highest BCUT2D eigenvalue weighted by Gasteiger charge is 2.31. The molecule has 0 saturated heterocycles. The van der Waals surface area contributed by atoms with Crippen LogP contribution in [0, 0.1) is 5.82 Å². The number of carbonyl (C=O) groups is 1. The van der Waals surface area contributed by atoms with E-state index in [0.717, 1.165) is 6.07 Å². The molecule has 1 aromatic carbocycles. The van der Waals surface area contributed by atoms with E-state index >= 15 is 0 Å². The van der Waals surface area contributed by atoms with Crippen molar-refractivity contribution in [1.29, 1.82) is 0 Å². The summed E-state index contributed by atoms with van der Waals surface area (Å²) in [7, 11) is 0. The quantitative estimate of drug-likeness (QED) is 0.616. The summed E-state index contributed by atoms with van der Waals surface area (Å²) in [5.74, 6) is -1.57. The minimum atomic E-state index is -1.58. The van der Waals surface area contributed by atoms with Crippen LogP contribution in [0.1, 0.15) is 10.4 Å². The van der Waals surface area contributed by atoms with Gasteiger partial charge >= 0.3 is 0 Å². The Morgan fingerprint density at radius 2 is 1.83 bits per heavy atom. The predicted octanol–water partition coefficient (Wildman–Crippen LogP) is 0.0337.